The van der Waals surface area contributed by atoms with Gasteiger partial charge in [-0.25, -0.2) is 0 Å². The molecule has 1 N–H and O–H groups in total. The van der Waals surface area contributed by atoms with Crippen LogP contribution >= 0.6 is 23.2 Å². The van der Waals surface area contributed by atoms with Gasteiger partial charge in [-0.2, -0.15) is 0 Å². The number of hydrogen-bond acceptors (Lipinski definition) is 2. The summed E-state index contributed by atoms with van der Waals surface area (Å²) in [4.78, 5) is 11.6. The van der Waals surface area contributed by atoms with E-state index in [0.717, 1.165) is 5.69 Å². The van der Waals surface area contributed by atoms with E-state index in [2.05, 4.69) is 5.32 Å². The van der Waals surface area contributed by atoms with Crippen LogP contribution in [0.2, 0.25) is 5.02 Å². The van der Waals surface area contributed by atoms with Crippen molar-refractivity contribution in [1.82, 2.24) is 0 Å². The molecule has 0 unspecified atom stereocenters. The van der Waals surface area contributed by atoms with Crippen LogP contribution in [0.4, 0.5) is 5.69 Å². The minimum Gasteiger partial charge on any atom is -0.456 e. The van der Waals surface area contributed by atoms with Gasteiger partial charge < -0.3 is 10.1 Å². The summed E-state index contributed by atoms with van der Waals surface area (Å²) in [5.74, 6) is 1.69. The minimum atomic E-state index is -0.0459. The molecule has 0 radical (unpaired) electrons. The van der Waals surface area contributed by atoms with Crippen LogP contribution in [0, 0.1) is 0 Å². The van der Waals surface area contributed by atoms with Gasteiger partial charge in [-0.15, -0.1) is 11.6 Å². The smallest absolute Gasteiger partial charge is 0.224 e. The van der Waals surface area contributed by atoms with E-state index in [1.807, 2.05) is 12.1 Å². The molecule has 1 amide bonds. The largest absolute Gasteiger partial charge is 0.456 e. The zero-order chi connectivity index (χ0) is 15.1. The van der Waals surface area contributed by atoms with Crippen molar-refractivity contribution >= 4 is 34.8 Å². The van der Waals surface area contributed by atoms with E-state index in [4.69, 9.17) is 27.9 Å². The molecule has 2 aromatic rings. The van der Waals surface area contributed by atoms with Gasteiger partial charge in [0.15, 0.2) is 0 Å². The van der Waals surface area contributed by atoms with E-state index in [9.17, 15) is 4.79 Å². The summed E-state index contributed by atoms with van der Waals surface area (Å²) in [5.41, 5.74) is 0.723. The number of anilines is 1. The zero-order valence-electron chi connectivity index (χ0n) is 11.3. The highest BCUT2D eigenvalue weighted by atomic mass is 35.5. The van der Waals surface area contributed by atoms with Crippen LogP contribution in [0.15, 0.2) is 48.5 Å². The maximum atomic E-state index is 11.6. The minimum absolute atomic E-state index is 0.0459. The standard InChI is InChI=1S/C16H15Cl2NO2/c17-11-3-6-16(20)19-12-7-9-13(10-8-12)21-15-5-2-1-4-14(15)18/h1-2,4-5,7-10H,3,6,11H2,(H,19,20). The Morgan fingerprint density at radius 1 is 1.10 bits per heavy atom. The monoisotopic (exact) mass is 323 g/mol. The molecule has 0 atom stereocenters. The highest BCUT2D eigenvalue weighted by Crippen LogP contribution is 2.29. The summed E-state index contributed by atoms with van der Waals surface area (Å²) in [6.45, 7) is 0. The van der Waals surface area contributed by atoms with Gasteiger partial charge in [-0.1, -0.05) is 23.7 Å². The maximum Gasteiger partial charge on any atom is 0.224 e. The molecule has 0 aromatic heterocycles. The van der Waals surface area contributed by atoms with Crippen LogP contribution in [0.3, 0.4) is 0 Å². The Morgan fingerprint density at radius 2 is 1.81 bits per heavy atom. The van der Waals surface area contributed by atoms with E-state index in [-0.39, 0.29) is 5.91 Å². The molecule has 0 bridgehead atoms. The van der Waals surface area contributed by atoms with Crippen molar-refractivity contribution in [3.05, 3.63) is 53.6 Å². The number of carbonyl (C=O) groups excluding carboxylic acids is 1. The van der Waals surface area contributed by atoms with Gasteiger partial charge in [0.2, 0.25) is 5.91 Å². The number of rotatable bonds is 6. The van der Waals surface area contributed by atoms with Crippen LogP contribution in [0.1, 0.15) is 12.8 Å². The molecular weight excluding hydrogens is 309 g/mol. The Kier molecular flexibility index (Phi) is 5.90. The second-order valence-corrected chi connectivity index (χ2v) is 5.18. The predicted molar refractivity (Wildman–Crippen MR) is 86.6 cm³/mol. The van der Waals surface area contributed by atoms with E-state index in [0.29, 0.717) is 35.2 Å². The molecule has 2 aromatic carbocycles. The summed E-state index contributed by atoms with van der Waals surface area (Å²) < 4.78 is 5.67. The van der Waals surface area contributed by atoms with Gasteiger partial charge in [0, 0.05) is 18.0 Å². The highest BCUT2D eigenvalue weighted by molar-refractivity contribution is 6.32. The van der Waals surface area contributed by atoms with Crippen LogP contribution in [-0.4, -0.2) is 11.8 Å². The lowest BCUT2D eigenvalue weighted by Gasteiger charge is -2.09. The van der Waals surface area contributed by atoms with E-state index in [1.165, 1.54) is 0 Å². The second-order valence-electron chi connectivity index (χ2n) is 4.40. The average molecular weight is 324 g/mol. The van der Waals surface area contributed by atoms with E-state index in [1.54, 1.807) is 36.4 Å². The first kappa shape index (κ1) is 15.7. The average Bonchev–Trinajstić information content (AvgIpc) is 2.49. The SMILES string of the molecule is O=C(CCCCl)Nc1ccc(Oc2ccccc2Cl)cc1. The van der Waals surface area contributed by atoms with Crippen molar-refractivity contribution in [1.29, 1.82) is 0 Å². The van der Waals surface area contributed by atoms with Gasteiger partial charge in [-0.05, 0) is 42.8 Å². The summed E-state index contributed by atoms with van der Waals surface area (Å²) in [6.07, 6.45) is 1.09. The summed E-state index contributed by atoms with van der Waals surface area (Å²) in [5, 5.41) is 3.35. The number of amides is 1. The normalized spacial score (nSPS) is 10.2. The highest BCUT2D eigenvalue weighted by Gasteiger charge is 2.04. The molecule has 0 saturated carbocycles. The van der Waals surface area contributed by atoms with Gasteiger partial charge in [0.25, 0.3) is 0 Å². The van der Waals surface area contributed by atoms with Crippen molar-refractivity contribution in [3.63, 3.8) is 0 Å². The number of hydrogen-bond donors (Lipinski definition) is 1. The number of ether oxygens (including phenoxy) is 1. The summed E-state index contributed by atoms with van der Waals surface area (Å²) in [6, 6.07) is 14.4. The van der Waals surface area contributed by atoms with Crippen molar-refractivity contribution in [2.45, 2.75) is 12.8 Å². The lowest BCUT2D eigenvalue weighted by molar-refractivity contribution is -0.116. The molecule has 3 nitrogen and oxygen atoms in total. The fourth-order valence-corrected chi connectivity index (χ4v) is 2.02. The molecule has 0 saturated heterocycles. The van der Waals surface area contributed by atoms with Gasteiger partial charge in [-0.3, -0.25) is 4.79 Å². The first-order chi connectivity index (χ1) is 10.2. The molecule has 0 heterocycles. The number of para-hydroxylation sites is 1. The quantitative estimate of drug-likeness (QED) is 0.752. The van der Waals surface area contributed by atoms with Gasteiger partial charge >= 0.3 is 0 Å². The lowest BCUT2D eigenvalue weighted by atomic mass is 10.2. The number of nitrogens with one attached hydrogen (secondary N) is 1. The molecule has 110 valence electrons. The van der Waals surface area contributed by atoms with Gasteiger partial charge in [0.1, 0.15) is 11.5 Å². The lowest BCUT2D eigenvalue weighted by Crippen LogP contribution is -2.11. The summed E-state index contributed by atoms with van der Waals surface area (Å²) >= 11 is 11.6. The number of carbonyl (C=O) groups is 1. The third-order valence-corrected chi connectivity index (χ3v) is 3.32. The zero-order valence-corrected chi connectivity index (χ0v) is 12.8. The fraction of sp³-hybridized carbons (Fsp3) is 0.188. The first-order valence-corrected chi connectivity index (χ1v) is 7.48. The Bertz CT molecular complexity index is 599. The third-order valence-electron chi connectivity index (χ3n) is 2.74. The van der Waals surface area contributed by atoms with E-state index < -0.39 is 0 Å². The van der Waals surface area contributed by atoms with Crippen molar-refractivity contribution in [2.75, 3.05) is 11.2 Å². The molecule has 0 aliphatic heterocycles. The van der Waals surface area contributed by atoms with Crippen molar-refractivity contribution in [3.8, 4) is 11.5 Å². The predicted octanol–water partition coefficient (Wildman–Crippen LogP) is 5.09. The van der Waals surface area contributed by atoms with Crippen LogP contribution < -0.4 is 10.1 Å². The Morgan fingerprint density at radius 3 is 2.48 bits per heavy atom. The number of benzene rings is 2. The van der Waals surface area contributed by atoms with Crippen molar-refractivity contribution in [2.24, 2.45) is 0 Å². The van der Waals surface area contributed by atoms with Crippen LogP contribution in [0.5, 0.6) is 11.5 Å². The van der Waals surface area contributed by atoms with Crippen LogP contribution in [0.25, 0.3) is 0 Å². The van der Waals surface area contributed by atoms with Gasteiger partial charge in [0.05, 0.1) is 5.02 Å². The molecule has 0 aliphatic carbocycles. The Labute approximate surface area is 133 Å². The molecule has 0 fully saturated rings. The first-order valence-electron chi connectivity index (χ1n) is 6.57. The molecule has 5 heteroatoms. The Hall–Kier alpha value is -1.71. The van der Waals surface area contributed by atoms with E-state index >= 15 is 0 Å². The van der Waals surface area contributed by atoms with Crippen molar-refractivity contribution < 1.29 is 9.53 Å². The molecule has 2 rings (SSSR count). The summed E-state index contributed by atoms with van der Waals surface area (Å²) in [7, 11) is 0. The Balaban J connectivity index is 1.96. The molecule has 0 spiro atoms. The number of alkyl halides is 1. The molecule has 21 heavy (non-hydrogen) atoms. The number of halogens is 2. The van der Waals surface area contributed by atoms with Crippen LogP contribution in [-0.2, 0) is 4.79 Å². The third kappa shape index (κ3) is 4.96. The fourth-order valence-electron chi connectivity index (χ4n) is 1.71. The second kappa shape index (κ2) is 7.91. The maximum absolute atomic E-state index is 11.6. The topological polar surface area (TPSA) is 38.3 Å². The molecular formula is C16H15Cl2NO2. The molecule has 0 aliphatic rings.